The highest BCUT2D eigenvalue weighted by atomic mass is 32.2. The van der Waals surface area contributed by atoms with E-state index in [2.05, 4.69) is 5.32 Å². The molecule has 0 aliphatic carbocycles. The van der Waals surface area contributed by atoms with Crippen LogP contribution in [0.1, 0.15) is 15.9 Å². The summed E-state index contributed by atoms with van der Waals surface area (Å²) in [7, 11) is -2.38. The number of rotatable bonds is 6. The molecular formula is C21H19N3O5S. The van der Waals surface area contributed by atoms with Crippen molar-refractivity contribution in [2.75, 3.05) is 16.7 Å². The standard InChI is InChI=1S/C21H19N3O5S/c1-15-13-16(11-12-20(15)24(26)27)21(25)22-17-7-6-10-19(14-17)30(28,29)23(2)18-8-4-3-5-9-18/h3-14H,1-2H3,(H,22,25). The molecule has 0 bridgehead atoms. The van der Waals surface area contributed by atoms with E-state index in [4.69, 9.17) is 0 Å². The first-order chi connectivity index (χ1) is 14.2. The fourth-order valence-electron chi connectivity index (χ4n) is 2.87. The first kappa shape index (κ1) is 21.0. The minimum Gasteiger partial charge on any atom is -0.322 e. The number of sulfonamides is 1. The van der Waals surface area contributed by atoms with Crippen LogP contribution in [0.15, 0.2) is 77.7 Å². The minimum atomic E-state index is -3.83. The van der Waals surface area contributed by atoms with Gasteiger partial charge < -0.3 is 5.32 Å². The van der Waals surface area contributed by atoms with Crippen LogP contribution in [0.5, 0.6) is 0 Å². The molecule has 3 aromatic carbocycles. The van der Waals surface area contributed by atoms with Crippen molar-refractivity contribution in [2.24, 2.45) is 0 Å². The summed E-state index contributed by atoms with van der Waals surface area (Å²) in [5, 5.41) is 13.6. The van der Waals surface area contributed by atoms with Gasteiger partial charge in [-0.15, -0.1) is 0 Å². The van der Waals surface area contributed by atoms with Crippen molar-refractivity contribution in [1.29, 1.82) is 0 Å². The van der Waals surface area contributed by atoms with Gasteiger partial charge >= 0.3 is 0 Å². The Kier molecular flexibility index (Phi) is 5.84. The van der Waals surface area contributed by atoms with Crippen LogP contribution in [-0.4, -0.2) is 26.3 Å². The Hall–Kier alpha value is -3.72. The monoisotopic (exact) mass is 425 g/mol. The summed E-state index contributed by atoms with van der Waals surface area (Å²) >= 11 is 0. The first-order valence-electron chi connectivity index (χ1n) is 8.90. The second-order valence-electron chi connectivity index (χ2n) is 6.55. The Morgan fingerprint density at radius 1 is 1.00 bits per heavy atom. The van der Waals surface area contributed by atoms with Gasteiger partial charge in [-0.3, -0.25) is 19.2 Å². The smallest absolute Gasteiger partial charge is 0.272 e. The van der Waals surface area contributed by atoms with Gasteiger partial charge in [0.25, 0.3) is 21.6 Å². The Balaban J connectivity index is 1.84. The average molecular weight is 425 g/mol. The Morgan fingerprint density at radius 2 is 1.70 bits per heavy atom. The molecule has 1 amide bonds. The highest BCUT2D eigenvalue weighted by molar-refractivity contribution is 7.92. The molecule has 0 aromatic heterocycles. The molecule has 1 N–H and O–H groups in total. The van der Waals surface area contributed by atoms with Crippen LogP contribution in [0.2, 0.25) is 0 Å². The zero-order valence-electron chi connectivity index (χ0n) is 16.3. The van der Waals surface area contributed by atoms with Gasteiger partial charge in [0.05, 0.1) is 15.5 Å². The van der Waals surface area contributed by atoms with Gasteiger partial charge in [-0.2, -0.15) is 0 Å². The fourth-order valence-corrected chi connectivity index (χ4v) is 4.12. The molecule has 9 heteroatoms. The predicted octanol–water partition coefficient (Wildman–Crippen LogP) is 3.98. The third-order valence-electron chi connectivity index (χ3n) is 4.53. The molecule has 0 aliphatic rings. The number of nitrogens with one attached hydrogen (secondary N) is 1. The molecule has 3 aromatic rings. The summed E-state index contributed by atoms with van der Waals surface area (Å²) in [5.41, 5.74) is 1.30. The van der Waals surface area contributed by atoms with E-state index in [1.807, 2.05) is 0 Å². The normalized spacial score (nSPS) is 11.0. The minimum absolute atomic E-state index is 0.0199. The van der Waals surface area contributed by atoms with E-state index < -0.39 is 20.9 Å². The second kappa shape index (κ2) is 8.34. The molecule has 154 valence electrons. The maximum atomic E-state index is 12.9. The zero-order valence-corrected chi connectivity index (χ0v) is 17.1. The number of nitrogens with zero attached hydrogens (tertiary/aromatic N) is 2. The second-order valence-corrected chi connectivity index (χ2v) is 8.52. The number of benzene rings is 3. The van der Waals surface area contributed by atoms with Gasteiger partial charge in [-0.25, -0.2) is 8.42 Å². The van der Waals surface area contributed by atoms with Crippen LogP contribution in [0, 0.1) is 17.0 Å². The van der Waals surface area contributed by atoms with E-state index in [1.165, 1.54) is 43.4 Å². The van der Waals surface area contributed by atoms with Gasteiger partial charge in [0.15, 0.2) is 0 Å². The van der Waals surface area contributed by atoms with Crippen LogP contribution in [0.3, 0.4) is 0 Å². The molecule has 0 radical (unpaired) electrons. The van der Waals surface area contributed by atoms with Gasteiger partial charge in [0.1, 0.15) is 0 Å². The van der Waals surface area contributed by atoms with Crippen molar-refractivity contribution in [3.8, 4) is 0 Å². The quantitative estimate of drug-likeness (QED) is 0.474. The van der Waals surface area contributed by atoms with Crippen molar-refractivity contribution < 1.29 is 18.1 Å². The first-order valence-corrected chi connectivity index (χ1v) is 10.3. The molecule has 0 aliphatic heterocycles. The summed E-state index contributed by atoms with van der Waals surface area (Å²) in [5.74, 6) is -0.501. The van der Waals surface area contributed by atoms with E-state index in [9.17, 15) is 23.3 Å². The molecule has 0 heterocycles. The fraction of sp³-hybridized carbons (Fsp3) is 0.0952. The molecule has 3 rings (SSSR count). The molecule has 0 saturated heterocycles. The van der Waals surface area contributed by atoms with Crippen molar-refractivity contribution in [3.05, 3.63) is 94.0 Å². The van der Waals surface area contributed by atoms with Crippen LogP contribution in [-0.2, 0) is 10.0 Å². The highest BCUT2D eigenvalue weighted by Crippen LogP contribution is 2.24. The summed E-state index contributed by atoms with van der Waals surface area (Å²) < 4.78 is 27.0. The summed E-state index contributed by atoms with van der Waals surface area (Å²) in [4.78, 5) is 23.0. The summed E-state index contributed by atoms with van der Waals surface area (Å²) in [6.45, 7) is 1.54. The molecule has 8 nitrogen and oxygen atoms in total. The van der Waals surface area contributed by atoms with E-state index >= 15 is 0 Å². The lowest BCUT2D eigenvalue weighted by Gasteiger charge is -2.20. The third-order valence-corrected chi connectivity index (χ3v) is 6.31. The number of carbonyl (C=O) groups excluding carboxylic acids is 1. The third kappa shape index (κ3) is 4.31. The number of carbonyl (C=O) groups is 1. The highest BCUT2D eigenvalue weighted by Gasteiger charge is 2.22. The predicted molar refractivity (Wildman–Crippen MR) is 114 cm³/mol. The van der Waals surface area contributed by atoms with Gasteiger partial charge in [-0.1, -0.05) is 24.3 Å². The number of hydrogen-bond acceptors (Lipinski definition) is 5. The van der Waals surface area contributed by atoms with Gasteiger partial charge in [0.2, 0.25) is 0 Å². The number of aryl methyl sites for hydroxylation is 1. The molecule has 0 unspecified atom stereocenters. The lowest BCUT2D eigenvalue weighted by Crippen LogP contribution is -2.26. The number of para-hydroxylation sites is 1. The molecular weight excluding hydrogens is 406 g/mol. The number of nitro benzene ring substituents is 1. The van der Waals surface area contributed by atoms with Crippen LogP contribution >= 0.6 is 0 Å². The summed E-state index contributed by atoms with van der Waals surface area (Å²) in [6.07, 6.45) is 0. The van der Waals surface area contributed by atoms with Crippen molar-refractivity contribution in [1.82, 2.24) is 0 Å². The zero-order chi connectivity index (χ0) is 21.9. The largest absolute Gasteiger partial charge is 0.322 e. The van der Waals surface area contributed by atoms with E-state index in [0.29, 0.717) is 16.9 Å². The molecule has 0 saturated carbocycles. The summed E-state index contributed by atoms with van der Waals surface area (Å²) in [6, 6.07) is 18.6. The Bertz CT molecular complexity index is 1210. The van der Waals surface area contributed by atoms with Crippen LogP contribution in [0.25, 0.3) is 0 Å². The molecule has 0 fully saturated rings. The number of hydrogen-bond donors (Lipinski definition) is 1. The SMILES string of the molecule is Cc1cc(C(=O)Nc2cccc(S(=O)(=O)N(C)c3ccccc3)c2)ccc1[N+](=O)[O-]. The van der Waals surface area contributed by atoms with Crippen LogP contribution < -0.4 is 9.62 Å². The van der Waals surface area contributed by atoms with Crippen LogP contribution in [0.4, 0.5) is 17.1 Å². The topological polar surface area (TPSA) is 110 Å². The number of anilines is 2. The van der Waals surface area contributed by atoms with Crippen molar-refractivity contribution in [2.45, 2.75) is 11.8 Å². The van der Waals surface area contributed by atoms with E-state index in [0.717, 1.165) is 4.31 Å². The van der Waals surface area contributed by atoms with Crippen molar-refractivity contribution in [3.63, 3.8) is 0 Å². The van der Waals surface area contributed by atoms with E-state index in [1.54, 1.807) is 43.3 Å². The lowest BCUT2D eigenvalue weighted by molar-refractivity contribution is -0.385. The lowest BCUT2D eigenvalue weighted by atomic mass is 10.1. The molecule has 0 atom stereocenters. The number of amides is 1. The maximum Gasteiger partial charge on any atom is 0.272 e. The Morgan fingerprint density at radius 3 is 2.33 bits per heavy atom. The molecule has 30 heavy (non-hydrogen) atoms. The van der Waals surface area contributed by atoms with Gasteiger partial charge in [-0.05, 0) is 49.4 Å². The average Bonchev–Trinajstić information content (AvgIpc) is 2.73. The Labute approximate surface area is 174 Å². The van der Waals surface area contributed by atoms with E-state index in [-0.39, 0.29) is 16.1 Å². The van der Waals surface area contributed by atoms with Crippen molar-refractivity contribution >= 4 is 33.0 Å². The number of nitro groups is 1. The van der Waals surface area contributed by atoms with Gasteiger partial charge in [0, 0.05) is 29.9 Å². The maximum absolute atomic E-state index is 12.9. The molecule has 0 spiro atoms.